The van der Waals surface area contributed by atoms with Crippen molar-refractivity contribution in [2.24, 2.45) is 11.3 Å². The molecule has 0 fully saturated rings. The highest BCUT2D eigenvalue weighted by Crippen LogP contribution is 2.30. The average Bonchev–Trinajstić information content (AvgIpc) is 1.78. The fraction of sp³-hybridized carbons (Fsp3) is 1.00. The summed E-state index contributed by atoms with van der Waals surface area (Å²) >= 11 is 0. The summed E-state index contributed by atoms with van der Waals surface area (Å²) in [6, 6.07) is 0. The van der Waals surface area contributed by atoms with E-state index in [4.69, 9.17) is 0 Å². The zero-order valence-electron chi connectivity index (χ0n) is 10.9. The van der Waals surface area contributed by atoms with Crippen molar-refractivity contribution in [1.29, 1.82) is 0 Å². The maximum absolute atomic E-state index is 10.1. The van der Waals surface area contributed by atoms with Crippen LogP contribution in [-0.2, 0) is 0 Å². The molecule has 1 nitrogen and oxygen atoms in total. The minimum absolute atomic E-state index is 0.377. The summed E-state index contributed by atoms with van der Waals surface area (Å²) in [4.78, 5) is 0. The van der Waals surface area contributed by atoms with Gasteiger partial charge in [-0.2, -0.15) is 0 Å². The molecule has 1 N–H and O–H groups in total. The van der Waals surface area contributed by atoms with Gasteiger partial charge < -0.3 is 5.11 Å². The van der Waals surface area contributed by atoms with Gasteiger partial charge >= 0.3 is 0 Å². The van der Waals surface area contributed by atoms with Crippen LogP contribution in [0.3, 0.4) is 0 Å². The molecule has 0 aliphatic rings. The van der Waals surface area contributed by atoms with Crippen LogP contribution in [0.4, 0.5) is 0 Å². The van der Waals surface area contributed by atoms with Crippen molar-refractivity contribution in [2.45, 2.75) is 72.8 Å². The maximum atomic E-state index is 10.1. The van der Waals surface area contributed by atoms with Crippen molar-refractivity contribution in [3.63, 3.8) is 0 Å². The second-order valence-electron chi connectivity index (χ2n) is 6.32. The summed E-state index contributed by atoms with van der Waals surface area (Å²) in [6.45, 7) is 13.1. The lowest BCUT2D eigenvalue weighted by atomic mass is 9.80. The van der Waals surface area contributed by atoms with E-state index in [1.807, 2.05) is 6.92 Å². The predicted molar refractivity (Wildman–Crippen MR) is 63.4 cm³/mol. The van der Waals surface area contributed by atoms with Gasteiger partial charge in [0.2, 0.25) is 0 Å². The lowest BCUT2D eigenvalue weighted by molar-refractivity contribution is 0.0216. The Morgan fingerprint density at radius 1 is 1.07 bits per heavy atom. The van der Waals surface area contributed by atoms with E-state index in [-0.39, 0.29) is 0 Å². The molecule has 2 atom stereocenters. The quantitative estimate of drug-likeness (QED) is 0.711. The first-order chi connectivity index (χ1) is 6.16. The first kappa shape index (κ1) is 14.0. The maximum Gasteiger partial charge on any atom is 0.0622 e. The summed E-state index contributed by atoms with van der Waals surface area (Å²) in [5.74, 6) is 0.608. The van der Waals surface area contributed by atoms with Crippen molar-refractivity contribution in [2.75, 3.05) is 0 Å². The Hall–Kier alpha value is -0.0400. The number of hydrogen-bond donors (Lipinski definition) is 1. The average molecular weight is 200 g/mol. The van der Waals surface area contributed by atoms with E-state index in [2.05, 4.69) is 34.6 Å². The van der Waals surface area contributed by atoms with E-state index in [1.165, 1.54) is 6.42 Å². The predicted octanol–water partition coefficient (Wildman–Crippen LogP) is 4.00. The van der Waals surface area contributed by atoms with Crippen LogP contribution in [0.5, 0.6) is 0 Å². The molecule has 86 valence electrons. The SMILES string of the molecule is CCCC(C)(O)CC(C)CC(C)(C)C. The molecule has 1 heteroatoms. The monoisotopic (exact) mass is 200 g/mol. The molecule has 0 saturated carbocycles. The fourth-order valence-corrected chi connectivity index (χ4v) is 2.51. The van der Waals surface area contributed by atoms with Crippen molar-refractivity contribution in [1.82, 2.24) is 0 Å². The van der Waals surface area contributed by atoms with E-state index in [1.54, 1.807) is 0 Å². The van der Waals surface area contributed by atoms with Crippen LogP contribution in [0.2, 0.25) is 0 Å². The van der Waals surface area contributed by atoms with Crippen molar-refractivity contribution < 1.29 is 5.11 Å². The van der Waals surface area contributed by atoms with Gasteiger partial charge in [0, 0.05) is 0 Å². The molecule has 0 saturated heterocycles. The van der Waals surface area contributed by atoms with Gasteiger partial charge in [-0.1, -0.05) is 41.0 Å². The highest BCUT2D eigenvalue weighted by molar-refractivity contribution is 4.77. The van der Waals surface area contributed by atoms with Gasteiger partial charge in [0.1, 0.15) is 0 Å². The highest BCUT2D eigenvalue weighted by atomic mass is 16.3. The van der Waals surface area contributed by atoms with Crippen molar-refractivity contribution in [3.8, 4) is 0 Å². The lowest BCUT2D eigenvalue weighted by Gasteiger charge is -2.30. The third-order valence-corrected chi connectivity index (χ3v) is 2.54. The molecule has 2 unspecified atom stereocenters. The summed E-state index contributed by atoms with van der Waals surface area (Å²) in [5, 5.41) is 10.1. The van der Waals surface area contributed by atoms with E-state index in [9.17, 15) is 5.11 Å². The molecule has 0 bridgehead atoms. The van der Waals surface area contributed by atoms with Crippen molar-refractivity contribution >= 4 is 0 Å². The third kappa shape index (κ3) is 7.37. The standard InChI is InChI=1S/C13H28O/c1-7-8-13(6,14)10-11(2)9-12(3,4)5/h11,14H,7-10H2,1-6H3. The van der Waals surface area contributed by atoms with Gasteiger partial charge in [-0.3, -0.25) is 0 Å². The van der Waals surface area contributed by atoms with Gasteiger partial charge in [0.15, 0.2) is 0 Å². The van der Waals surface area contributed by atoms with Gasteiger partial charge in [-0.05, 0) is 37.5 Å². The Morgan fingerprint density at radius 3 is 1.93 bits per heavy atom. The molecule has 0 heterocycles. The second kappa shape index (κ2) is 5.16. The highest BCUT2D eigenvalue weighted by Gasteiger charge is 2.24. The molecule has 0 amide bonds. The van der Waals surface area contributed by atoms with Crippen LogP contribution >= 0.6 is 0 Å². The van der Waals surface area contributed by atoms with Crippen LogP contribution in [0.15, 0.2) is 0 Å². The van der Waals surface area contributed by atoms with E-state index in [0.29, 0.717) is 11.3 Å². The van der Waals surface area contributed by atoms with Gasteiger partial charge in [0.05, 0.1) is 5.60 Å². The summed E-state index contributed by atoms with van der Waals surface area (Å²) in [7, 11) is 0. The molecule has 0 rings (SSSR count). The van der Waals surface area contributed by atoms with Crippen LogP contribution < -0.4 is 0 Å². The Kier molecular flexibility index (Phi) is 5.14. The van der Waals surface area contributed by atoms with Gasteiger partial charge in [0.25, 0.3) is 0 Å². The lowest BCUT2D eigenvalue weighted by Crippen LogP contribution is -2.28. The smallest absolute Gasteiger partial charge is 0.0622 e. The zero-order chi connectivity index (χ0) is 11.4. The Balaban J connectivity index is 3.98. The third-order valence-electron chi connectivity index (χ3n) is 2.54. The van der Waals surface area contributed by atoms with Crippen LogP contribution in [-0.4, -0.2) is 10.7 Å². The van der Waals surface area contributed by atoms with Gasteiger partial charge in [-0.15, -0.1) is 0 Å². The van der Waals surface area contributed by atoms with Crippen LogP contribution in [0.1, 0.15) is 67.2 Å². The molecule has 0 aliphatic carbocycles. The summed E-state index contributed by atoms with van der Waals surface area (Å²) in [6.07, 6.45) is 4.10. The minimum atomic E-state index is -0.459. The molecule has 0 aromatic rings. The molecule has 0 spiro atoms. The topological polar surface area (TPSA) is 20.2 Å². The number of aliphatic hydroxyl groups is 1. The van der Waals surface area contributed by atoms with E-state index >= 15 is 0 Å². The minimum Gasteiger partial charge on any atom is -0.390 e. The molecule has 14 heavy (non-hydrogen) atoms. The van der Waals surface area contributed by atoms with Crippen LogP contribution in [0, 0.1) is 11.3 Å². The Bertz CT molecular complexity index is 153. The van der Waals surface area contributed by atoms with E-state index < -0.39 is 5.60 Å². The Morgan fingerprint density at radius 2 is 1.57 bits per heavy atom. The number of rotatable bonds is 5. The normalized spacial score (nSPS) is 19.1. The molecular formula is C13H28O. The fourth-order valence-electron chi connectivity index (χ4n) is 2.51. The molecular weight excluding hydrogens is 172 g/mol. The largest absolute Gasteiger partial charge is 0.390 e. The summed E-state index contributed by atoms with van der Waals surface area (Å²) in [5.41, 5.74) is -0.0822. The Labute approximate surface area is 89.9 Å². The van der Waals surface area contributed by atoms with Crippen molar-refractivity contribution in [3.05, 3.63) is 0 Å². The molecule has 0 aromatic carbocycles. The van der Waals surface area contributed by atoms with Crippen LogP contribution in [0.25, 0.3) is 0 Å². The molecule has 0 radical (unpaired) electrons. The molecule has 0 aromatic heterocycles. The van der Waals surface area contributed by atoms with Gasteiger partial charge in [-0.25, -0.2) is 0 Å². The first-order valence-corrected chi connectivity index (χ1v) is 5.89. The first-order valence-electron chi connectivity index (χ1n) is 5.89. The van der Waals surface area contributed by atoms with E-state index in [0.717, 1.165) is 19.3 Å². The summed E-state index contributed by atoms with van der Waals surface area (Å²) < 4.78 is 0. The molecule has 0 aliphatic heterocycles. The number of hydrogen-bond acceptors (Lipinski definition) is 1. The zero-order valence-corrected chi connectivity index (χ0v) is 10.9. The second-order valence-corrected chi connectivity index (χ2v) is 6.32.